The van der Waals surface area contributed by atoms with Crippen LogP contribution in [0, 0.1) is 0 Å². The number of benzene rings is 1. The van der Waals surface area contributed by atoms with E-state index in [0.29, 0.717) is 6.54 Å². The highest BCUT2D eigenvalue weighted by atomic mass is 16.5. The van der Waals surface area contributed by atoms with Crippen LogP contribution in [-0.2, 0) is 11.3 Å². The lowest BCUT2D eigenvalue weighted by atomic mass is 10.1. The molecule has 0 saturated carbocycles. The third-order valence-electron chi connectivity index (χ3n) is 3.32. The van der Waals surface area contributed by atoms with Crippen molar-refractivity contribution in [1.82, 2.24) is 10.6 Å². The van der Waals surface area contributed by atoms with Crippen LogP contribution < -0.4 is 20.1 Å². The van der Waals surface area contributed by atoms with E-state index in [9.17, 15) is 4.79 Å². The third kappa shape index (κ3) is 3.38. The van der Waals surface area contributed by atoms with Crippen molar-refractivity contribution in [3.63, 3.8) is 0 Å². The van der Waals surface area contributed by atoms with Crippen LogP contribution in [0.3, 0.4) is 0 Å². The minimum atomic E-state index is -0.0516. The van der Waals surface area contributed by atoms with Gasteiger partial charge in [0.2, 0.25) is 5.91 Å². The summed E-state index contributed by atoms with van der Waals surface area (Å²) < 4.78 is 10.4. The first-order valence-corrected chi connectivity index (χ1v) is 6.46. The molecule has 1 aromatic rings. The highest BCUT2D eigenvalue weighted by Crippen LogP contribution is 2.24. The Kier molecular flexibility index (Phi) is 4.63. The molecule has 0 radical (unpaired) electrons. The van der Waals surface area contributed by atoms with Crippen molar-refractivity contribution in [1.29, 1.82) is 0 Å². The normalized spacial score (nSPS) is 18.1. The van der Waals surface area contributed by atoms with Crippen molar-refractivity contribution in [3.05, 3.63) is 23.8 Å². The van der Waals surface area contributed by atoms with Crippen molar-refractivity contribution in [2.75, 3.05) is 20.8 Å². The molecule has 1 heterocycles. The molecule has 1 saturated heterocycles. The van der Waals surface area contributed by atoms with E-state index in [0.717, 1.165) is 36.4 Å². The lowest BCUT2D eigenvalue weighted by Gasteiger charge is -2.13. The molecule has 0 bridgehead atoms. The molecule has 1 aliphatic heterocycles. The molecule has 1 aliphatic rings. The Morgan fingerprint density at radius 1 is 1.42 bits per heavy atom. The summed E-state index contributed by atoms with van der Waals surface area (Å²) in [4.78, 5) is 11.9. The number of carbonyl (C=O) groups excluding carboxylic acids is 1. The standard InChI is InChI=1S/C14H20N2O3/c1-18-11-6-5-10(13(8-11)19-2)9-16-14(17)12-4-3-7-15-12/h5-6,8,12,15H,3-4,7,9H2,1-2H3,(H,16,17). The Morgan fingerprint density at radius 3 is 2.89 bits per heavy atom. The van der Waals surface area contributed by atoms with E-state index in [1.54, 1.807) is 14.2 Å². The largest absolute Gasteiger partial charge is 0.497 e. The Morgan fingerprint density at radius 2 is 2.26 bits per heavy atom. The number of hydrogen-bond donors (Lipinski definition) is 2. The number of hydrogen-bond acceptors (Lipinski definition) is 4. The SMILES string of the molecule is COc1ccc(CNC(=O)C2CCCN2)c(OC)c1. The van der Waals surface area contributed by atoms with Crippen LogP contribution in [-0.4, -0.2) is 32.7 Å². The van der Waals surface area contributed by atoms with Gasteiger partial charge >= 0.3 is 0 Å². The van der Waals surface area contributed by atoms with Crippen molar-refractivity contribution in [2.24, 2.45) is 0 Å². The zero-order valence-corrected chi connectivity index (χ0v) is 11.4. The van der Waals surface area contributed by atoms with Crippen LogP contribution in [0.5, 0.6) is 11.5 Å². The smallest absolute Gasteiger partial charge is 0.237 e. The fourth-order valence-corrected chi connectivity index (χ4v) is 2.21. The van der Waals surface area contributed by atoms with E-state index in [4.69, 9.17) is 9.47 Å². The number of ether oxygens (including phenoxy) is 2. The first-order chi connectivity index (χ1) is 9.24. The Balaban J connectivity index is 1.96. The van der Waals surface area contributed by atoms with E-state index in [1.807, 2.05) is 18.2 Å². The summed E-state index contributed by atoms with van der Waals surface area (Å²) in [6.07, 6.45) is 1.97. The van der Waals surface area contributed by atoms with Gasteiger partial charge in [0.15, 0.2) is 0 Å². The van der Waals surface area contributed by atoms with Gasteiger partial charge in [0, 0.05) is 18.2 Å². The highest BCUT2D eigenvalue weighted by molar-refractivity contribution is 5.82. The molecule has 104 valence electrons. The molecule has 1 aromatic carbocycles. The minimum Gasteiger partial charge on any atom is -0.497 e. The summed E-state index contributed by atoms with van der Waals surface area (Å²) in [6.45, 7) is 1.38. The Labute approximate surface area is 113 Å². The van der Waals surface area contributed by atoms with E-state index in [-0.39, 0.29) is 11.9 Å². The van der Waals surface area contributed by atoms with Crippen LogP contribution in [0.25, 0.3) is 0 Å². The predicted molar refractivity (Wildman–Crippen MR) is 72.4 cm³/mol. The number of nitrogens with one attached hydrogen (secondary N) is 2. The lowest BCUT2D eigenvalue weighted by molar-refractivity contribution is -0.122. The van der Waals surface area contributed by atoms with E-state index < -0.39 is 0 Å². The first kappa shape index (κ1) is 13.7. The van der Waals surface area contributed by atoms with Gasteiger partial charge in [-0.15, -0.1) is 0 Å². The molecule has 1 amide bonds. The molecular weight excluding hydrogens is 244 g/mol. The molecule has 1 atom stereocenters. The Hall–Kier alpha value is -1.75. The molecule has 5 nitrogen and oxygen atoms in total. The zero-order valence-electron chi connectivity index (χ0n) is 11.4. The van der Waals surface area contributed by atoms with E-state index >= 15 is 0 Å². The summed E-state index contributed by atoms with van der Waals surface area (Å²) in [6, 6.07) is 5.52. The fraction of sp³-hybridized carbons (Fsp3) is 0.500. The zero-order chi connectivity index (χ0) is 13.7. The summed E-state index contributed by atoms with van der Waals surface area (Å²) in [5.74, 6) is 1.51. The third-order valence-corrected chi connectivity index (χ3v) is 3.32. The molecule has 0 aliphatic carbocycles. The molecule has 19 heavy (non-hydrogen) atoms. The van der Waals surface area contributed by atoms with Crippen molar-refractivity contribution in [3.8, 4) is 11.5 Å². The molecule has 1 fully saturated rings. The van der Waals surface area contributed by atoms with Crippen LogP contribution in [0.2, 0.25) is 0 Å². The van der Waals surface area contributed by atoms with Gasteiger partial charge in [-0.25, -0.2) is 0 Å². The maximum Gasteiger partial charge on any atom is 0.237 e. The van der Waals surface area contributed by atoms with Crippen molar-refractivity contribution in [2.45, 2.75) is 25.4 Å². The second kappa shape index (κ2) is 6.43. The fourth-order valence-electron chi connectivity index (χ4n) is 2.21. The van der Waals surface area contributed by atoms with Gasteiger partial charge in [0.05, 0.1) is 20.3 Å². The molecule has 5 heteroatoms. The second-order valence-corrected chi connectivity index (χ2v) is 4.54. The summed E-state index contributed by atoms with van der Waals surface area (Å²) in [5.41, 5.74) is 0.939. The summed E-state index contributed by atoms with van der Waals surface area (Å²) in [7, 11) is 3.22. The monoisotopic (exact) mass is 264 g/mol. The topological polar surface area (TPSA) is 59.6 Å². The average molecular weight is 264 g/mol. The molecular formula is C14H20N2O3. The predicted octanol–water partition coefficient (Wildman–Crippen LogP) is 1.07. The number of amides is 1. The second-order valence-electron chi connectivity index (χ2n) is 4.54. The highest BCUT2D eigenvalue weighted by Gasteiger charge is 2.21. The molecule has 1 unspecified atom stereocenters. The molecule has 0 spiro atoms. The number of methoxy groups -OCH3 is 2. The van der Waals surface area contributed by atoms with Gasteiger partial charge in [-0.05, 0) is 31.5 Å². The van der Waals surface area contributed by atoms with Crippen LogP contribution >= 0.6 is 0 Å². The molecule has 2 N–H and O–H groups in total. The van der Waals surface area contributed by atoms with E-state index in [1.165, 1.54) is 0 Å². The van der Waals surface area contributed by atoms with Crippen LogP contribution in [0.1, 0.15) is 18.4 Å². The van der Waals surface area contributed by atoms with Gasteiger partial charge < -0.3 is 20.1 Å². The maximum absolute atomic E-state index is 11.9. The van der Waals surface area contributed by atoms with Gasteiger partial charge in [0.25, 0.3) is 0 Å². The number of carbonyl (C=O) groups is 1. The van der Waals surface area contributed by atoms with Gasteiger partial charge in [-0.1, -0.05) is 0 Å². The minimum absolute atomic E-state index is 0.0513. The van der Waals surface area contributed by atoms with Gasteiger partial charge in [0.1, 0.15) is 11.5 Å². The van der Waals surface area contributed by atoms with Crippen LogP contribution in [0.15, 0.2) is 18.2 Å². The summed E-state index contributed by atoms with van der Waals surface area (Å²) in [5, 5.41) is 6.11. The number of rotatable bonds is 5. The first-order valence-electron chi connectivity index (χ1n) is 6.46. The quantitative estimate of drug-likeness (QED) is 0.835. The average Bonchev–Trinajstić information content (AvgIpc) is 2.98. The molecule has 0 aromatic heterocycles. The molecule has 2 rings (SSSR count). The summed E-state index contributed by atoms with van der Waals surface area (Å²) >= 11 is 0. The van der Waals surface area contributed by atoms with Gasteiger partial charge in [-0.2, -0.15) is 0 Å². The lowest BCUT2D eigenvalue weighted by Crippen LogP contribution is -2.40. The Bertz CT molecular complexity index is 442. The maximum atomic E-state index is 11.9. The van der Waals surface area contributed by atoms with Crippen LogP contribution in [0.4, 0.5) is 0 Å². The van der Waals surface area contributed by atoms with Crippen molar-refractivity contribution >= 4 is 5.91 Å². The van der Waals surface area contributed by atoms with Crippen molar-refractivity contribution < 1.29 is 14.3 Å². The van der Waals surface area contributed by atoms with E-state index in [2.05, 4.69) is 10.6 Å². The van der Waals surface area contributed by atoms with Gasteiger partial charge in [-0.3, -0.25) is 4.79 Å².